The SMILES string of the molecule is O=C(OCc1cc2ccccc2nc1Cl)C1(O)CCCCC1. The van der Waals surface area contributed by atoms with Crippen LogP contribution in [0.4, 0.5) is 0 Å². The first-order chi connectivity index (χ1) is 10.6. The fourth-order valence-corrected chi connectivity index (χ4v) is 3.06. The standard InChI is InChI=1S/C17H18ClNO3/c18-15-13(10-12-6-2-3-7-14(12)19-15)11-22-16(20)17(21)8-4-1-5-9-17/h2-3,6-7,10,21H,1,4-5,8-9,11H2. The van der Waals surface area contributed by atoms with Crippen LogP contribution in [-0.2, 0) is 16.1 Å². The van der Waals surface area contributed by atoms with Gasteiger partial charge in [-0.05, 0) is 37.8 Å². The smallest absolute Gasteiger partial charge is 0.338 e. The van der Waals surface area contributed by atoms with E-state index in [2.05, 4.69) is 4.98 Å². The van der Waals surface area contributed by atoms with E-state index in [4.69, 9.17) is 16.3 Å². The number of carbonyl (C=O) groups excluding carboxylic acids is 1. The molecule has 22 heavy (non-hydrogen) atoms. The molecule has 1 N–H and O–H groups in total. The largest absolute Gasteiger partial charge is 0.459 e. The summed E-state index contributed by atoms with van der Waals surface area (Å²) in [5.74, 6) is -0.559. The van der Waals surface area contributed by atoms with E-state index in [0.29, 0.717) is 23.6 Å². The summed E-state index contributed by atoms with van der Waals surface area (Å²) in [4.78, 5) is 16.4. The third-order valence-corrected chi connectivity index (χ3v) is 4.50. The molecule has 1 fully saturated rings. The lowest BCUT2D eigenvalue weighted by Crippen LogP contribution is -2.41. The lowest BCUT2D eigenvalue weighted by molar-refractivity contribution is -0.170. The number of rotatable bonds is 3. The highest BCUT2D eigenvalue weighted by molar-refractivity contribution is 6.30. The van der Waals surface area contributed by atoms with Crippen LogP contribution < -0.4 is 0 Å². The van der Waals surface area contributed by atoms with Crippen LogP contribution in [0, 0.1) is 0 Å². The zero-order chi connectivity index (χ0) is 15.6. The third-order valence-electron chi connectivity index (χ3n) is 4.17. The number of benzene rings is 1. The van der Waals surface area contributed by atoms with Crippen LogP contribution in [0.5, 0.6) is 0 Å². The molecule has 0 bridgehead atoms. The molecule has 4 nitrogen and oxygen atoms in total. The van der Waals surface area contributed by atoms with Gasteiger partial charge in [0, 0.05) is 10.9 Å². The van der Waals surface area contributed by atoms with Crippen molar-refractivity contribution in [3.63, 3.8) is 0 Å². The van der Waals surface area contributed by atoms with E-state index < -0.39 is 11.6 Å². The highest BCUT2D eigenvalue weighted by atomic mass is 35.5. The van der Waals surface area contributed by atoms with Gasteiger partial charge in [0.15, 0.2) is 5.60 Å². The van der Waals surface area contributed by atoms with Crippen LogP contribution >= 0.6 is 11.6 Å². The van der Waals surface area contributed by atoms with E-state index in [9.17, 15) is 9.90 Å². The predicted molar refractivity (Wildman–Crippen MR) is 84.6 cm³/mol. The summed E-state index contributed by atoms with van der Waals surface area (Å²) in [6.07, 6.45) is 3.69. The Bertz CT molecular complexity index is 695. The molecule has 0 radical (unpaired) electrons. The van der Waals surface area contributed by atoms with Gasteiger partial charge < -0.3 is 9.84 Å². The molecule has 1 aliphatic rings. The van der Waals surface area contributed by atoms with Crippen molar-refractivity contribution >= 4 is 28.5 Å². The van der Waals surface area contributed by atoms with Gasteiger partial charge in [0.2, 0.25) is 0 Å². The lowest BCUT2D eigenvalue weighted by Gasteiger charge is -2.29. The number of para-hydroxylation sites is 1. The summed E-state index contributed by atoms with van der Waals surface area (Å²) in [5.41, 5.74) is 0.108. The van der Waals surface area contributed by atoms with Gasteiger partial charge >= 0.3 is 5.97 Å². The second kappa shape index (κ2) is 6.23. The molecule has 0 saturated heterocycles. The monoisotopic (exact) mass is 319 g/mol. The highest BCUT2D eigenvalue weighted by Gasteiger charge is 2.38. The molecule has 0 amide bonds. The van der Waals surface area contributed by atoms with Crippen molar-refractivity contribution in [2.45, 2.75) is 44.3 Å². The molecule has 5 heteroatoms. The number of pyridine rings is 1. The van der Waals surface area contributed by atoms with Gasteiger partial charge in [-0.15, -0.1) is 0 Å². The Kier molecular flexibility index (Phi) is 4.32. The predicted octanol–water partition coefficient (Wildman–Crippen LogP) is 3.63. The quantitative estimate of drug-likeness (QED) is 0.693. The first kappa shape index (κ1) is 15.3. The van der Waals surface area contributed by atoms with Crippen LogP contribution in [0.3, 0.4) is 0 Å². The molecule has 0 atom stereocenters. The summed E-state index contributed by atoms with van der Waals surface area (Å²) in [6.45, 7) is 0.0256. The number of fused-ring (bicyclic) bond motifs is 1. The maximum Gasteiger partial charge on any atom is 0.338 e. The van der Waals surface area contributed by atoms with Crippen molar-refractivity contribution in [2.75, 3.05) is 0 Å². The Hall–Kier alpha value is -1.65. The summed E-state index contributed by atoms with van der Waals surface area (Å²) in [7, 11) is 0. The molecule has 1 aliphatic carbocycles. The highest BCUT2D eigenvalue weighted by Crippen LogP contribution is 2.30. The van der Waals surface area contributed by atoms with Crippen LogP contribution in [0.15, 0.2) is 30.3 Å². The molecule has 2 aromatic rings. The number of hydrogen-bond acceptors (Lipinski definition) is 4. The fourth-order valence-electron chi connectivity index (χ4n) is 2.86. The van der Waals surface area contributed by atoms with Gasteiger partial charge in [-0.2, -0.15) is 0 Å². The molecule has 0 aliphatic heterocycles. The fraction of sp³-hybridized carbons (Fsp3) is 0.412. The number of ether oxygens (including phenoxy) is 1. The van der Waals surface area contributed by atoms with Gasteiger partial charge in [-0.25, -0.2) is 9.78 Å². The second-order valence-electron chi connectivity index (χ2n) is 5.80. The molecule has 1 heterocycles. The molecule has 0 spiro atoms. The van der Waals surface area contributed by atoms with Crippen LogP contribution in [0.25, 0.3) is 10.9 Å². The minimum absolute atomic E-state index is 0.0256. The average Bonchev–Trinajstić information content (AvgIpc) is 2.53. The summed E-state index contributed by atoms with van der Waals surface area (Å²) < 4.78 is 5.29. The maximum absolute atomic E-state index is 12.1. The van der Waals surface area contributed by atoms with Gasteiger partial charge in [0.1, 0.15) is 11.8 Å². The minimum atomic E-state index is -1.34. The van der Waals surface area contributed by atoms with E-state index in [-0.39, 0.29) is 6.61 Å². The number of hydrogen-bond donors (Lipinski definition) is 1. The topological polar surface area (TPSA) is 59.4 Å². The zero-order valence-electron chi connectivity index (χ0n) is 12.2. The Morgan fingerprint density at radius 1 is 1.27 bits per heavy atom. The average molecular weight is 320 g/mol. The van der Waals surface area contributed by atoms with Crippen molar-refractivity contribution in [1.29, 1.82) is 0 Å². The first-order valence-electron chi connectivity index (χ1n) is 7.52. The third kappa shape index (κ3) is 3.08. The van der Waals surface area contributed by atoms with E-state index >= 15 is 0 Å². The molecular formula is C17H18ClNO3. The van der Waals surface area contributed by atoms with Gasteiger partial charge in [0.05, 0.1) is 5.52 Å². The Morgan fingerprint density at radius 3 is 2.77 bits per heavy atom. The lowest BCUT2D eigenvalue weighted by atomic mass is 9.85. The van der Waals surface area contributed by atoms with Gasteiger partial charge in [-0.1, -0.05) is 36.2 Å². The maximum atomic E-state index is 12.1. The zero-order valence-corrected chi connectivity index (χ0v) is 13.0. The molecule has 116 valence electrons. The summed E-state index contributed by atoms with van der Waals surface area (Å²) in [6, 6.07) is 9.48. The van der Waals surface area contributed by atoms with Gasteiger partial charge in [-0.3, -0.25) is 0 Å². The Morgan fingerprint density at radius 2 is 2.00 bits per heavy atom. The van der Waals surface area contributed by atoms with Gasteiger partial charge in [0.25, 0.3) is 0 Å². The van der Waals surface area contributed by atoms with Crippen molar-refractivity contribution < 1.29 is 14.6 Å². The number of esters is 1. The number of nitrogens with zero attached hydrogens (tertiary/aromatic N) is 1. The van der Waals surface area contributed by atoms with E-state index in [1.165, 1.54) is 0 Å². The molecule has 1 aromatic carbocycles. The van der Waals surface area contributed by atoms with Crippen molar-refractivity contribution in [1.82, 2.24) is 4.98 Å². The van der Waals surface area contributed by atoms with Crippen LogP contribution in [-0.4, -0.2) is 21.7 Å². The summed E-state index contributed by atoms with van der Waals surface area (Å²) in [5, 5.41) is 11.6. The number of aliphatic hydroxyl groups is 1. The summed E-state index contributed by atoms with van der Waals surface area (Å²) >= 11 is 6.14. The van der Waals surface area contributed by atoms with Crippen molar-refractivity contribution in [2.24, 2.45) is 0 Å². The molecule has 1 aromatic heterocycles. The Labute approximate surface area is 134 Å². The van der Waals surface area contributed by atoms with Crippen molar-refractivity contribution in [3.05, 3.63) is 41.0 Å². The molecule has 3 rings (SSSR count). The van der Waals surface area contributed by atoms with E-state index in [0.717, 1.165) is 30.2 Å². The second-order valence-corrected chi connectivity index (χ2v) is 6.16. The first-order valence-corrected chi connectivity index (χ1v) is 7.90. The molecular weight excluding hydrogens is 302 g/mol. The van der Waals surface area contributed by atoms with Crippen LogP contribution in [0.1, 0.15) is 37.7 Å². The molecule has 1 saturated carbocycles. The van der Waals surface area contributed by atoms with Crippen molar-refractivity contribution in [3.8, 4) is 0 Å². The minimum Gasteiger partial charge on any atom is -0.459 e. The number of halogens is 1. The normalized spacial score (nSPS) is 17.4. The number of aromatic nitrogens is 1. The number of carbonyl (C=O) groups is 1. The van der Waals surface area contributed by atoms with E-state index in [1.807, 2.05) is 30.3 Å². The Balaban J connectivity index is 1.73. The van der Waals surface area contributed by atoms with Crippen LogP contribution in [0.2, 0.25) is 5.15 Å². The molecule has 0 unspecified atom stereocenters. The van der Waals surface area contributed by atoms with E-state index in [1.54, 1.807) is 0 Å².